The molecule has 2 aromatic rings. The normalized spacial score (nSPS) is 18.6. The zero-order chi connectivity index (χ0) is 20.3. The van der Waals surface area contributed by atoms with Gasteiger partial charge in [-0.2, -0.15) is 0 Å². The van der Waals surface area contributed by atoms with Crippen molar-refractivity contribution in [1.82, 2.24) is 14.9 Å². The molecule has 0 unspecified atom stereocenters. The number of hydroxylamine groups is 2. The fourth-order valence-electron chi connectivity index (χ4n) is 3.97. The van der Waals surface area contributed by atoms with E-state index in [-0.39, 0.29) is 17.4 Å². The number of piperidine rings is 1. The van der Waals surface area contributed by atoms with Crippen molar-refractivity contribution < 1.29 is 14.4 Å². The topological polar surface area (TPSA) is 62.7 Å². The van der Waals surface area contributed by atoms with Crippen LogP contribution in [0.25, 0.3) is 0 Å². The molecule has 29 heavy (non-hydrogen) atoms. The van der Waals surface area contributed by atoms with Crippen LogP contribution in [-0.4, -0.2) is 51.1 Å². The van der Waals surface area contributed by atoms with Gasteiger partial charge in [0, 0.05) is 30.6 Å². The maximum Gasteiger partial charge on any atom is 0.246 e. The van der Waals surface area contributed by atoms with E-state index in [1.54, 1.807) is 16.4 Å². The fourth-order valence-corrected chi connectivity index (χ4v) is 5.72. The zero-order valence-electron chi connectivity index (χ0n) is 16.5. The average molecular weight is 432 g/mol. The summed E-state index contributed by atoms with van der Waals surface area (Å²) in [5.41, 5.74) is 1.76. The first-order valence-electron chi connectivity index (χ1n) is 9.88. The van der Waals surface area contributed by atoms with Crippen LogP contribution < -0.4 is 0 Å². The predicted octanol–water partition coefficient (Wildman–Crippen LogP) is 3.66. The molecule has 0 saturated carbocycles. The number of benzene rings is 1. The number of thiazole rings is 1. The minimum Gasteiger partial charge on any atom is -0.342 e. The van der Waals surface area contributed by atoms with Crippen LogP contribution in [0.4, 0.5) is 0 Å². The summed E-state index contributed by atoms with van der Waals surface area (Å²) >= 11 is 3.08. The summed E-state index contributed by atoms with van der Waals surface area (Å²) in [6.45, 7) is 3.67. The number of amides is 2. The van der Waals surface area contributed by atoms with Crippen molar-refractivity contribution in [2.45, 2.75) is 49.1 Å². The summed E-state index contributed by atoms with van der Waals surface area (Å²) in [4.78, 5) is 37.3. The number of carbonyl (C=O) groups is 2. The van der Waals surface area contributed by atoms with Gasteiger partial charge in [0.2, 0.25) is 11.8 Å². The monoisotopic (exact) mass is 431 g/mol. The highest BCUT2D eigenvalue weighted by molar-refractivity contribution is 8.01. The molecule has 2 fully saturated rings. The SMILES string of the molecule is Cc1csc(SCC(=O)N2CCC3(CCC(=O)N3OCc3ccccc3)CC2)n1. The summed E-state index contributed by atoms with van der Waals surface area (Å²) in [7, 11) is 0. The lowest BCUT2D eigenvalue weighted by Crippen LogP contribution is -2.54. The number of nitrogens with zero attached hydrogens (tertiary/aromatic N) is 3. The predicted molar refractivity (Wildman–Crippen MR) is 113 cm³/mol. The Morgan fingerprint density at radius 2 is 2.00 bits per heavy atom. The van der Waals surface area contributed by atoms with Gasteiger partial charge >= 0.3 is 0 Å². The van der Waals surface area contributed by atoms with Crippen molar-refractivity contribution >= 4 is 34.9 Å². The summed E-state index contributed by atoms with van der Waals surface area (Å²) in [6, 6.07) is 9.89. The van der Waals surface area contributed by atoms with E-state index in [1.165, 1.54) is 11.8 Å². The molecule has 6 nitrogen and oxygen atoms in total. The minimum absolute atomic E-state index is 0.0513. The zero-order valence-corrected chi connectivity index (χ0v) is 18.1. The maximum absolute atomic E-state index is 12.6. The van der Waals surface area contributed by atoms with Crippen molar-refractivity contribution in [2.24, 2.45) is 0 Å². The number of aryl methyl sites for hydroxylation is 1. The van der Waals surface area contributed by atoms with E-state index in [9.17, 15) is 9.59 Å². The lowest BCUT2D eigenvalue weighted by atomic mass is 9.86. The molecule has 1 aromatic heterocycles. The fraction of sp³-hybridized carbons (Fsp3) is 0.476. The van der Waals surface area contributed by atoms with Crippen molar-refractivity contribution in [1.29, 1.82) is 0 Å². The smallest absolute Gasteiger partial charge is 0.246 e. The van der Waals surface area contributed by atoms with E-state index in [0.29, 0.717) is 31.9 Å². The Labute approximate surface area is 179 Å². The van der Waals surface area contributed by atoms with E-state index in [1.807, 2.05) is 47.5 Å². The third-order valence-corrected chi connectivity index (χ3v) is 7.75. The summed E-state index contributed by atoms with van der Waals surface area (Å²) in [6.07, 6.45) is 2.85. The second kappa shape index (κ2) is 8.85. The molecule has 2 aliphatic rings. The summed E-state index contributed by atoms with van der Waals surface area (Å²) in [5, 5.41) is 3.62. The molecular weight excluding hydrogens is 406 g/mol. The van der Waals surface area contributed by atoms with Crippen LogP contribution >= 0.6 is 23.1 Å². The van der Waals surface area contributed by atoms with E-state index in [4.69, 9.17) is 4.84 Å². The molecule has 1 spiro atoms. The van der Waals surface area contributed by atoms with Crippen LogP contribution in [0.2, 0.25) is 0 Å². The molecule has 0 radical (unpaired) electrons. The molecule has 154 valence electrons. The van der Waals surface area contributed by atoms with Gasteiger partial charge < -0.3 is 4.90 Å². The molecule has 0 bridgehead atoms. The van der Waals surface area contributed by atoms with Gasteiger partial charge in [-0.3, -0.25) is 14.4 Å². The van der Waals surface area contributed by atoms with E-state index in [0.717, 1.165) is 34.9 Å². The Balaban J connectivity index is 1.31. The maximum atomic E-state index is 12.6. The standard InChI is InChI=1S/C21H25N3O3S2/c1-16-14-28-20(22-16)29-15-19(26)23-11-9-21(10-12-23)8-7-18(25)24(21)27-13-17-5-3-2-4-6-17/h2-6,14H,7-13,15H2,1H3. The number of rotatable bonds is 6. The molecule has 0 atom stereocenters. The van der Waals surface area contributed by atoms with Gasteiger partial charge in [0.25, 0.3) is 0 Å². The first-order chi connectivity index (χ1) is 14.1. The van der Waals surface area contributed by atoms with Gasteiger partial charge in [0.15, 0.2) is 4.34 Å². The number of aromatic nitrogens is 1. The molecule has 4 rings (SSSR count). The van der Waals surface area contributed by atoms with E-state index in [2.05, 4.69) is 4.98 Å². The van der Waals surface area contributed by atoms with Gasteiger partial charge in [-0.1, -0.05) is 42.1 Å². The third kappa shape index (κ3) is 4.65. The lowest BCUT2D eigenvalue weighted by Gasteiger charge is -2.43. The van der Waals surface area contributed by atoms with Crippen molar-refractivity contribution in [3.63, 3.8) is 0 Å². The quantitative estimate of drug-likeness (QED) is 0.653. The van der Waals surface area contributed by atoms with Crippen LogP contribution in [0.5, 0.6) is 0 Å². The Bertz CT molecular complexity index is 863. The molecule has 1 aromatic carbocycles. The summed E-state index contributed by atoms with van der Waals surface area (Å²) in [5.74, 6) is 0.599. The van der Waals surface area contributed by atoms with Crippen molar-refractivity contribution in [3.8, 4) is 0 Å². The number of likely N-dealkylation sites (tertiary alicyclic amines) is 1. The molecule has 0 N–H and O–H groups in total. The molecule has 3 heterocycles. The minimum atomic E-state index is -0.276. The van der Waals surface area contributed by atoms with Gasteiger partial charge in [-0.25, -0.2) is 10.0 Å². The first-order valence-corrected chi connectivity index (χ1v) is 11.7. The second-order valence-corrected chi connectivity index (χ2v) is 9.68. The van der Waals surface area contributed by atoms with Crippen molar-refractivity contribution in [2.75, 3.05) is 18.8 Å². The molecule has 2 saturated heterocycles. The summed E-state index contributed by atoms with van der Waals surface area (Å²) < 4.78 is 0.936. The van der Waals surface area contributed by atoms with Crippen LogP contribution in [0.15, 0.2) is 40.1 Å². The Kier molecular flexibility index (Phi) is 6.22. The molecule has 2 aliphatic heterocycles. The third-order valence-electron chi connectivity index (χ3n) is 5.63. The average Bonchev–Trinajstić information content (AvgIpc) is 3.29. The lowest BCUT2D eigenvalue weighted by molar-refractivity contribution is -0.222. The molecule has 8 heteroatoms. The second-order valence-electron chi connectivity index (χ2n) is 7.60. The van der Waals surface area contributed by atoms with Gasteiger partial charge in [0.05, 0.1) is 11.3 Å². The molecular formula is C21H25N3O3S2. The number of hydrogen-bond acceptors (Lipinski definition) is 6. The van der Waals surface area contributed by atoms with Crippen LogP contribution in [0.1, 0.15) is 36.9 Å². The molecule has 0 aliphatic carbocycles. The van der Waals surface area contributed by atoms with Crippen LogP contribution in [-0.2, 0) is 21.0 Å². The highest BCUT2D eigenvalue weighted by atomic mass is 32.2. The van der Waals surface area contributed by atoms with Crippen LogP contribution in [0, 0.1) is 6.92 Å². The first kappa shape index (κ1) is 20.4. The Morgan fingerprint density at radius 3 is 2.69 bits per heavy atom. The van der Waals surface area contributed by atoms with Gasteiger partial charge in [0.1, 0.15) is 6.61 Å². The number of thioether (sulfide) groups is 1. The van der Waals surface area contributed by atoms with E-state index >= 15 is 0 Å². The number of carbonyl (C=O) groups excluding carboxylic acids is 2. The number of hydrogen-bond donors (Lipinski definition) is 0. The largest absolute Gasteiger partial charge is 0.342 e. The Hall–Kier alpha value is -1.90. The van der Waals surface area contributed by atoms with Crippen LogP contribution in [0.3, 0.4) is 0 Å². The highest BCUT2D eigenvalue weighted by Crippen LogP contribution is 2.39. The van der Waals surface area contributed by atoms with Gasteiger partial charge in [-0.05, 0) is 31.7 Å². The highest BCUT2D eigenvalue weighted by Gasteiger charge is 2.48. The Morgan fingerprint density at radius 1 is 1.24 bits per heavy atom. The van der Waals surface area contributed by atoms with E-state index < -0.39 is 0 Å². The molecule has 2 amide bonds. The van der Waals surface area contributed by atoms with Crippen molar-refractivity contribution in [3.05, 3.63) is 47.0 Å². The van der Waals surface area contributed by atoms with Gasteiger partial charge in [-0.15, -0.1) is 11.3 Å².